The molecule has 14 nitrogen and oxygen atoms in total. The summed E-state index contributed by atoms with van der Waals surface area (Å²) in [5.74, 6) is -6.22. The van der Waals surface area contributed by atoms with Crippen LogP contribution in [0.15, 0.2) is 10.8 Å². The van der Waals surface area contributed by atoms with Crippen molar-refractivity contribution in [3.8, 4) is 11.4 Å². The number of nitrogens with zero attached hydrogens (tertiary/aromatic N) is 2. The number of aliphatic carboxylic acids is 3. The average molecular weight is 494 g/mol. The first-order valence-electron chi connectivity index (χ1n) is 6.34. The number of rotatable bonds is 6. The van der Waals surface area contributed by atoms with E-state index in [1.165, 1.54) is 22.7 Å². The smallest absolute Gasteiger partial charge is 0.845 e. The molecule has 0 aliphatic rings. The standard InChI is InChI=1S/C6H6N4S2.C6H7O7.Cr.3H2O/c7-5-9-3(1-11-5)4-2-12-6(8)10-4;7-3(8)1-6(13,5(11)12)2-4(9)10;;;;/h1-2H,(H2,7,9)(H2,8,10);1-2H2,(H,7,8)(H,9,10)(H,11,12);;3*1H2/q;-1;+3;;;/p-1. The van der Waals surface area contributed by atoms with Gasteiger partial charge in [0, 0.05) is 28.7 Å². The summed E-state index contributed by atoms with van der Waals surface area (Å²) < 4.78 is 0. The molecule has 0 saturated carbocycles. The van der Waals surface area contributed by atoms with Gasteiger partial charge in [0.1, 0.15) is 11.4 Å². The minimum absolute atomic E-state index is 0. The van der Waals surface area contributed by atoms with Gasteiger partial charge in [-0.05, 0) is 12.8 Å². The van der Waals surface area contributed by atoms with Crippen LogP contribution in [0.4, 0.5) is 10.3 Å². The summed E-state index contributed by atoms with van der Waals surface area (Å²) in [6.45, 7) is 0. The average Bonchev–Trinajstić information content (AvgIpc) is 3.06. The van der Waals surface area contributed by atoms with E-state index in [0.717, 1.165) is 16.5 Å². The van der Waals surface area contributed by atoms with Gasteiger partial charge < -0.3 is 57.0 Å². The van der Waals surface area contributed by atoms with E-state index in [1.807, 2.05) is 10.8 Å². The number of hydrogen-bond acceptors (Lipinski definition) is 12. The maximum Gasteiger partial charge on any atom is 3.00 e. The summed E-state index contributed by atoms with van der Waals surface area (Å²) in [5, 5.41) is 46.0. The molecule has 0 unspecified atom stereocenters. The van der Waals surface area contributed by atoms with E-state index < -0.39 is 36.4 Å². The van der Waals surface area contributed by atoms with Crippen LogP contribution < -0.4 is 31.9 Å². The van der Waals surface area contributed by atoms with Crippen LogP contribution >= 0.6 is 22.7 Å². The normalized spacial score (nSPS) is 9.17. The zero-order chi connectivity index (χ0) is 19.2. The van der Waals surface area contributed by atoms with Crippen molar-refractivity contribution in [2.75, 3.05) is 5.73 Å². The van der Waals surface area contributed by atoms with E-state index in [1.54, 1.807) is 0 Å². The predicted octanol–water partition coefficient (Wildman–Crippen LogP) is -7.74. The molecular weight excluding hydrogens is 476 g/mol. The molecule has 0 spiro atoms. The molecule has 0 aliphatic carbocycles. The second kappa shape index (κ2) is 14.8. The maximum atomic E-state index is 10.9. The Hall–Kier alpha value is -2.20. The van der Waals surface area contributed by atoms with Crippen LogP contribution in [-0.4, -0.2) is 44.4 Å². The fraction of sp³-hybridized carbons (Fsp3) is 0.250. The fourth-order valence-corrected chi connectivity index (χ4v) is 2.64. The van der Waals surface area contributed by atoms with Gasteiger partial charge in [0.25, 0.3) is 5.13 Å². The zero-order valence-corrected chi connectivity index (χ0v) is 17.3. The second-order valence-electron chi connectivity index (χ2n) is 4.58. The SMILES string of the molecule is Nc1nc(-c2csc([NH3+])n2)cs1.O.O.O=C([O-])CC([O-])(CC(=O)[O-])C(=O)[O-].[Cr+3].[OH3+]. The van der Waals surface area contributed by atoms with Crippen molar-refractivity contribution in [2.24, 2.45) is 0 Å². The van der Waals surface area contributed by atoms with Crippen LogP contribution in [0, 0.1) is 0 Å². The number of hydrogen-bond donors (Lipinski definition) is 2. The van der Waals surface area contributed by atoms with Gasteiger partial charge in [0.05, 0.1) is 0 Å². The van der Waals surface area contributed by atoms with Crippen molar-refractivity contribution < 1.29 is 74.3 Å². The molecule has 1 radical (unpaired) electrons. The topological polar surface area (TPSA) is 319 Å². The van der Waals surface area contributed by atoms with Crippen molar-refractivity contribution in [3.05, 3.63) is 10.8 Å². The molecule has 0 aliphatic heterocycles. The van der Waals surface area contributed by atoms with Crippen molar-refractivity contribution in [3.63, 3.8) is 0 Å². The van der Waals surface area contributed by atoms with Crippen molar-refractivity contribution in [1.82, 2.24) is 9.97 Å². The Morgan fingerprint density at radius 2 is 1.41 bits per heavy atom. The van der Waals surface area contributed by atoms with Gasteiger partial charge in [0.15, 0.2) is 5.13 Å². The number of carboxylic acids is 3. The first kappa shape index (κ1) is 34.3. The third kappa shape index (κ3) is 11.4. The summed E-state index contributed by atoms with van der Waals surface area (Å²) in [5.41, 5.74) is 7.69. The summed E-state index contributed by atoms with van der Waals surface area (Å²) in [6, 6.07) is 0. The van der Waals surface area contributed by atoms with Gasteiger partial charge in [-0.3, -0.25) is 5.73 Å². The molecule has 2 heterocycles. The van der Waals surface area contributed by atoms with Crippen LogP contribution in [0.2, 0.25) is 0 Å². The number of carbonyl (C=O) groups is 3. The molecule has 2 aromatic heterocycles. The number of anilines is 1. The van der Waals surface area contributed by atoms with Gasteiger partial charge in [-0.15, -0.1) is 11.3 Å². The number of nitrogen functional groups attached to an aromatic ring is 1. The van der Waals surface area contributed by atoms with E-state index in [0.29, 0.717) is 5.13 Å². The van der Waals surface area contributed by atoms with Gasteiger partial charge >= 0.3 is 17.4 Å². The number of aromatic nitrogens is 2. The summed E-state index contributed by atoms with van der Waals surface area (Å²) >= 11 is 2.93. The van der Waals surface area contributed by atoms with E-state index in [2.05, 4.69) is 15.7 Å². The van der Waals surface area contributed by atoms with Crippen molar-refractivity contribution in [1.29, 1.82) is 0 Å². The van der Waals surface area contributed by atoms with Crippen LogP contribution in [0.5, 0.6) is 0 Å². The van der Waals surface area contributed by atoms with E-state index in [4.69, 9.17) is 5.73 Å². The fourth-order valence-electron chi connectivity index (χ4n) is 1.51. The third-order valence-corrected chi connectivity index (χ3v) is 3.95. The van der Waals surface area contributed by atoms with Gasteiger partial charge in [-0.25, -0.2) is 4.98 Å². The summed E-state index contributed by atoms with van der Waals surface area (Å²) in [7, 11) is 0. The largest absolute Gasteiger partial charge is 3.00 e. The van der Waals surface area contributed by atoms with Crippen molar-refractivity contribution >= 4 is 50.8 Å². The molecule has 12 N–H and O–H groups in total. The number of carboxylic acid groups (broad SMARTS) is 3. The molecule has 0 amide bonds. The third-order valence-electron chi connectivity index (χ3n) is 2.57. The Labute approximate surface area is 181 Å². The number of nitrogens with two attached hydrogens (primary N) is 1. The van der Waals surface area contributed by atoms with Crippen molar-refractivity contribution in [2.45, 2.75) is 18.4 Å². The van der Waals surface area contributed by atoms with Crippen LogP contribution in [0.3, 0.4) is 0 Å². The van der Waals surface area contributed by atoms with Gasteiger partial charge in [0.2, 0.25) is 0 Å². The first-order valence-corrected chi connectivity index (χ1v) is 8.10. The van der Waals surface area contributed by atoms with Crippen LogP contribution in [0.1, 0.15) is 12.8 Å². The Bertz CT molecular complexity index is 730. The monoisotopic (exact) mass is 494 g/mol. The molecule has 2 rings (SSSR count). The Kier molecular flexibility index (Phi) is 17.5. The molecule has 0 bridgehead atoms. The molecule has 2 aromatic rings. The zero-order valence-electron chi connectivity index (χ0n) is 14.4. The minimum atomic E-state index is -3.22. The molecule has 29 heavy (non-hydrogen) atoms. The Morgan fingerprint density at radius 1 is 1.00 bits per heavy atom. The van der Waals surface area contributed by atoms with Crippen LogP contribution in [0.25, 0.3) is 11.4 Å². The van der Waals surface area contributed by atoms with E-state index >= 15 is 0 Å². The summed E-state index contributed by atoms with van der Waals surface area (Å²) in [4.78, 5) is 38.2. The Balaban J connectivity index is -0.000000189. The molecule has 0 fully saturated rings. The number of quaternary nitrogens is 1. The number of carbonyl (C=O) groups excluding carboxylic acids is 3. The Morgan fingerprint density at radius 3 is 1.69 bits per heavy atom. The quantitative estimate of drug-likeness (QED) is 0.357. The van der Waals surface area contributed by atoms with E-state index in [9.17, 15) is 34.8 Å². The van der Waals surface area contributed by atoms with Gasteiger partial charge in [-0.1, -0.05) is 16.9 Å². The first-order chi connectivity index (χ1) is 11.5. The van der Waals surface area contributed by atoms with E-state index in [-0.39, 0.29) is 33.8 Å². The maximum absolute atomic E-state index is 10.9. The molecule has 0 atom stereocenters. The molecular formula is C12H18CrN4O10S2+. The van der Waals surface area contributed by atoms with Crippen LogP contribution in [-0.2, 0) is 37.2 Å². The minimum Gasteiger partial charge on any atom is -0.845 e. The molecule has 17 heteroatoms. The van der Waals surface area contributed by atoms with Gasteiger partial charge in [-0.2, -0.15) is 4.98 Å². The summed E-state index contributed by atoms with van der Waals surface area (Å²) in [6.07, 6.45) is -2.94. The predicted molar refractivity (Wildman–Crippen MR) is 89.3 cm³/mol. The number of thiazole rings is 2. The second-order valence-corrected chi connectivity index (χ2v) is 6.41. The molecule has 163 valence electrons. The molecule has 0 saturated heterocycles. The molecule has 0 aromatic carbocycles.